The summed E-state index contributed by atoms with van der Waals surface area (Å²) in [5.74, 6) is -1.01. The molecule has 26 heavy (non-hydrogen) atoms. The molecule has 0 unspecified atom stereocenters. The van der Waals surface area contributed by atoms with Crippen molar-refractivity contribution in [3.63, 3.8) is 0 Å². The summed E-state index contributed by atoms with van der Waals surface area (Å²) in [7, 11) is 0. The van der Waals surface area contributed by atoms with Crippen molar-refractivity contribution in [1.82, 2.24) is 15.8 Å². The number of thioether (sulfide) groups is 1. The molecule has 0 aromatic heterocycles. The average Bonchev–Trinajstić information content (AvgIpc) is 2.93. The SMILES string of the molecule is CC[C@@]1(c2ccccc2)NC(=O)N(NC(=O)c2ccc(SC)cc2)C1=O. The lowest BCUT2D eigenvalue weighted by Crippen LogP contribution is -2.48. The summed E-state index contributed by atoms with van der Waals surface area (Å²) in [5, 5.41) is 3.49. The molecule has 134 valence electrons. The van der Waals surface area contributed by atoms with Gasteiger partial charge >= 0.3 is 6.03 Å². The van der Waals surface area contributed by atoms with Gasteiger partial charge in [-0.2, -0.15) is 5.01 Å². The van der Waals surface area contributed by atoms with Gasteiger partial charge in [0.25, 0.3) is 11.8 Å². The largest absolute Gasteiger partial charge is 0.344 e. The molecule has 1 aliphatic heterocycles. The van der Waals surface area contributed by atoms with Crippen LogP contribution in [0.5, 0.6) is 0 Å². The third kappa shape index (κ3) is 3.06. The van der Waals surface area contributed by atoms with Crippen LogP contribution in [-0.2, 0) is 10.3 Å². The zero-order valence-electron chi connectivity index (χ0n) is 14.5. The topological polar surface area (TPSA) is 78.5 Å². The van der Waals surface area contributed by atoms with Gasteiger partial charge in [0.1, 0.15) is 5.54 Å². The van der Waals surface area contributed by atoms with Crippen LogP contribution in [0.25, 0.3) is 0 Å². The van der Waals surface area contributed by atoms with Crippen LogP contribution in [0.4, 0.5) is 4.79 Å². The fourth-order valence-electron chi connectivity index (χ4n) is 2.95. The first-order valence-electron chi connectivity index (χ1n) is 8.19. The monoisotopic (exact) mass is 369 g/mol. The summed E-state index contributed by atoms with van der Waals surface area (Å²) in [4.78, 5) is 38.8. The van der Waals surface area contributed by atoms with Crippen LogP contribution in [0.2, 0.25) is 0 Å². The zero-order valence-corrected chi connectivity index (χ0v) is 15.3. The van der Waals surface area contributed by atoms with Crippen LogP contribution in [0.15, 0.2) is 59.5 Å². The first kappa shape index (κ1) is 18.0. The van der Waals surface area contributed by atoms with Crippen molar-refractivity contribution in [3.05, 3.63) is 65.7 Å². The number of nitrogens with one attached hydrogen (secondary N) is 2. The summed E-state index contributed by atoms with van der Waals surface area (Å²) < 4.78 is 0. The highest BCUT2D eigenvalue weighted by atomic mass is 32.2. The van der Waals surface area contributed by atoms with Crippen molar-refractivity contribution >= 4 is 29.6 Å². The van der Waals surface area contributed by atoms with E-state index in [-0.39, 0.29) is 0 Å². The first-order valence-corrected chi connectivity index (χ1v) is 9.41. The predicted molar refractivity (Wildman–Crippen MR) is 99.5 cm³/mol. The number of rotatable bonds is 5. The fourth-order valence-corrected chi connectivity index (χ4v) is 3.36. The van der Waals surface area contributed by atoms with Gasteiger partial charge in [0.15, 0.2) is 0 Å². The molecule has 2 N–H and O–H groups in total. The van der Waals surface area contributed by atoms with E-state index in [2.05, 4.69) is 10.7 Å². The Morgan fingerprint density at radius 2 is 1.77 bits per heavy atom. The van der Waals surface area contributed by atoms with Crippen LogP contribution in [0.3, 0.4) is 0 Å². The fraction of sp³-hybridized carbons (Fsp3) is 0.211. The Hall–Kier alpha value is -2.80. The molecule has 6 nitrogen and oxygen atoms in total. The van der Waals surface area contributed by atoms with E-state index in [0.717, 1.165) is 9.90 Å². The van der Waals surface area contributed by atoms with Crippen LogP contribution in [0.1, 0.15) is 29.3 Å². The summed E-state index contributed by atoms with van der Waals surface area (Å²) in [6.45, 7) is 1.82. The maximum absolute atomic E-state index is 13.0. The van der Waals surface area contributed by atoms with E-state index >= 15 is 0 Å². The zero-order chi connectivity index (χ0) is 18.7. The van der Waals surface area contributed by atoms with Gasteiger partial charge in [0.05, 0.1) is 0 Å². The third-order valence-corrected chi connectivity index (χ3v) is 5.20. The second-order valence-corrected chi connectivity index (χ2v) is 6.74. The number of nitrogens with zero attached hydrogens (tertiary/aromatic N) is 1. The minimum atomic E-state index is -1.17. The predicted octanol–water partition coefficient (Wildman–Crippen LogP) is 2.91. The number of urea groups is 1. The van der Waals surface area contributed by atoms with Gasteiger partial charge < -0.3 is 5.32 Å². The van der Waals surface area contributed by atoms with Gasteiger partial charge in [0, 0.05) is 10.5 Å². The van der Waals surface area contributed by atoms with Crippen LogP contribution in [0, 0.1) is 0 Å². The Labute approximate surface area is 155 Å². The van der Waals surface area contributed by atoms with Gasteiger partial charge in [-0.3, -0.25) is 15.0 Å². The standard InChI is InChI=1S/C19H19N3O3S/c1-3-19(14-7-5-4-6-8-14)17(24)22(18(25)20-19)21-16(23)13-9-11-15(26-2)12-10-13/h4-12H,3H2,1-2H3,(H,20,25)(H,21,23)/t19-/m0/s1. The van der Waals surface area contributed by atoms with Gasteiger partial charge in [-0.1, -0.05) is 37.3 Å². The van der Waals surface area contributed by atoms with Crippen LogP contribution >= 0.6 is 11.8 Å². The molecule has 2 aromatic carbocycles. The molecule has 0 spiro atoms. The molecule has 1 saturated heterocycles. The molecular weight excluding hydrogens is 350 g/mol. The Balaban J connectivity index is 1.83. The van der Waals surface area contributed by atoms with E-state index in [1.807, 2.05) is 31.4 Å². The van der Waals surface area contributed by atoms with Gasteiger partial charge in [-0.25, -0.2) is 4.79 Å². The van der Waals surface area contributed by atoms with Crippen LogP contribution in [-0.4, -0.2) is 29.1 Å². The van der Waals surface area contributed by atoms with E-state index in [4.69, 9.17) is 0 Å². The summed E-state index contributed by atoms with van der Waals surface area (Å²) in [6, 6.07) is 15.3. The number of carbonyl (C=O) groups excluding carboxylic acids is 3. The molecule has 4 amide bonds. The molecule has 1 atom stereocenters. The summed E-state index contributed by atoms with van der Waals surface area (Å²) >= 11 is 1.56. The van der Waals surface area contributed by atoms with Crippen molar-refractivity contribution in [2.45, 2.75) is 23.8 Å². The minimum absolute atomic E-state index is 0.371. The molecule has 2 aromatic rings. The van der Waals surface area contributed by atoms with Crippen LogP contribution < -0.4 is 10.7 Å². The maximum Gasteiger partial charge on any atom is 0.344 e. The van der Waals surface area contributed by atoms with E-state index in [1.165, 1.54) is 0 Å². The highest BCUT2D eigenvalue weighted by Gasteiger charge is 2.52. The number of amides is 4. The molecule has 3 rings (SSSR count). The van der Waals surface area contributed by atoms with E-state index in [1.54, 1.807) is 48.2 Å². The lowest BCUT2D eigenvalue weighted by molar-refractivity contribution is -0.133. The lowest BCUT2D eigenvalue weighted by atomic mass is 9.87. The maximum atomic E-state index is 13.0. The Kier molecular flexibility index (Phi) is 4.99. The van der Waals surface area contributed by atoms with E-state index < -0.39 is 23.4 Å². The summed E-state index contributed by atoms with van der Waals surface area (Å²) in [6.07, 6.45) is 2.31. The quantitative estimate of drug-likeness (QED) is 0.627. The Morgan fingerprint density at radius 1 is 1.12 bits per heavy atom. The molecule has 1 aliphatic rings. The second-order valence-electron chi connectivity index (χ2n) is 5.87. The van der Waals surface area contributed by atoms with E-state index in [0.29, 0.717) is 17.5 Å². The molecule has 0 radical (unpaired) electrons. The normalized spacial score (nSPS) is 19.4. The average molecular weight is 369 g/mol. The Morgan fingerprint density at radius 3 is 2.35 bits per heavy atom. The minimum Gasteiger partial charge on any atom is -0.318 e. The smallest absolute Gasteiger partial charge is 0.318 e. The van der Waals surface area contributed by atoms with Gasteiger partial charge in [0.2, 0.25) is 0 Å². The molecule has 7 heteroatoms. The first-order chi connectivity index (χ1) is 12.5. The van der Waals surface area contributed by atoms with Crippen molar-refractivity contribution in [1.29, 1.82) is 0 Å². The van der Waals surface area contributed by atoms with E-state index in [9.17, 15) is 14.4 Å². The highest BCUT2D eigenvalue weighted by molar-refractivity contribution is 7.98. The third-order valence-electron chi connectivity index (χ3n) is 4.45. The number of imide groups is 1. The number of hydrogen-bond acceptors (Lipinski definition) is 4. The molecule has 0 saturated carbocycles. The number of benzene rings is 2. The highest BCUT2D eigenvalue weighted by Crippen LogP contribution is 2.31. The number of hydrazine groups is 1. The number of hydrogen-bond donors (Lipinski definition) is 2. The molecule has 1 heterocycles. The Bertz CT molecular complexity index is 839. The lowest BCUT2D eigenvalue weighted by Gasteiger charge is -2.25. The molecule has 0 bridgehead atoms. The second kappa shape index (κ2) is 7.21. The van der Waals surface area contributed by atoms with Crippen molar-refractivity contribution in [2.75, 3.05) is 6.26 Å². The van der Waals surface area contributed by atoms with Crippen molar-refractivity contribution < 1.29 is 14.4 Å². The molecular formula is C19H19N3O3S. The van der Waals surface area contributed by atoms with Gasteiger partial charge in [-0.05, 0) is 42.5 Å². The van der Waals surface area contributed by atoms with Crippen molar-refractivity contribution in [2.24, 2.45) is 0 Å². The van der Waals surface area contributed by atoms with Gasteiger partial charge in [-0.15, -0.1) is 11.8 Å². The number of carbonyl (C=O) groups is 3. The molecule has 1 fully saturated rings. The molecule has 0 aliphatic carbocycles. The summed E-state index contributed by atoms with van der Waals surface area (Å²) in [5.41, 5.74) is 2.30. The van der Waals surface area contributed by atoms with Crippen molar-refractivity contribution in [3.8, 4) is 0 Å².